The van der Waals surface area contributed by atoms with Crippen molar-refractivity contribution in [3.8, 4) is 0 Å². The summed E-state index contributed by atoms with van der Waals surface area (Å²) in [4.78, 5) is 3.01. The minimum absolute atomic E-state index is 0.313. The maximum atomic E-state index is 8.86. The highest BCUT2D eigenvalue weighted by Crippen LogP contribution is 2.19. The number of hydrogen-bond acceptors (Lipinski definition) is 3. The molecule has 82 valence electrons. The van der Waals surface area contributed by atoms with Crippen LogP contribution in [0.5, 0.6) is 0 Å². The second-order valence-electron chi connectivity index (χ2n) is 4.04. The first-order chi connectivity index (χ1) is 6.72. The fourth-order valence-corrected chi connectivity index (χ4v) is 2.13. The van der Waals surface area contributed by atoms with E-state index < -0.39 is 0 Å². The first-order valence-electron chi connectivity index (χ1n) is 5.34. The molecule has 1 aliphatic heterocycles. The zero-order chi connectivity index (χ0) is 10.4. The minimum atomic E-state index is 0.313. The van der Waals surface area contributed by atoms with Gasteiger partial charge in [-0.05, 0) is 31.7 Å². The van der Waals surface area contributed by atoms with E-state index in [1.54, 1.807) is 0 Å². The summed E-state index contributed by atoms with van der Waals surface area (Å²) in [5.41, 5.74) is 5.47. The molecule has 1 rings (SSSR count). The van der Waals surface area contributed by atoms with Crippen LogP contribution in [0.15, 0.2) is 0 Å². The molecule has 0 aromatic rings. The van der Waals surface area contributed by atoms with Crippen molar-refractivity contribution in [3.05, 3.63) is 0 Å². The second kappa shape index (κ2) is 6.32. The largest absolute Gasteiger partial charge is 0.396 e. The van der Waals surface area contributed by atoms with Gasteiger partial charge in [-0.15, -0.1) is 0 Å². The van der Waals surface area contributed by atoms with Crippen LogP contribution in [-0.2, 0) is 0 Å². The summed E-state index contributed by atoms with van der Waals surface area (Å²) in [7, 11) is 0. The number of aliphatic hydroxyl groups is 1. The van der Waals surface area contributed by atoms with Crippen molar-refractivity contribution < 1.29 is 5.11 Å². The van der Waals surface area contributed by atoms with E-state index in [1.807, 2.05) is 0 Å². The zero-order valence-electron chi connectivity index (χ0n) is 8.61. The lowest BCUT2D eigenvalue weighted by molar-refractivity contribution is 0.151. The van der Waals surface area contributed by atoms with Gasteiger partial charge in [-0.1, -0.05) is 12.2 Å². The predicted molar refractivity (Wildman–Crippen MR) is 62.3 cm³/mol. The van der Waals surface area contributed by atoms with Crippen LogP contribution < -0.4 is 5.73 Å². The van der Waals surface area contributed by atoms with Crippen molar-refractivity contribution in [3.63, 3.8) is 0 Å². The number of hydrogen-bond donors (Lipinski definition) is 2. The number of likely N-dealkylation sites (tertiary alicyclic amines) is 1. The van der Waals surface area contributed by atoms with Gasteiger partial charge in [0.25, 0.3) is 0 Å². The van der Waals surface area contributed by atoms with E-state index in [4.69, 9.17) is 23.1 Å². The van der Waals surface area contributed by atoms with Gasteiger partial charge < -0.3 is 15.7 Å². The smallest absolute Gasteiger partial charge is 0.0740 e. The number of nitrogens with zero attached hydrogens (tertiary/aromatic N) is 1. The summed E-state index contributed by atoms with van der Waals surface area (Å²) in [5.74, 6) is 0.667. The van der Waals surface area contributed by atoms with Gasteiger partial charge in [0.05, 0.1) is 4.99 Å². The number of nitrogens with two attached hydrogens (primary N) is 1. The molecule has 4 heteroatoms. The van der Waals surface area contributed by atoms with Crippen LogP contribution in [0, 0.1) is 5.92 Å². The lowest BCUT2D eigenvalue weighted by atomic mass is 9.95. The van der Waals surface area contributed by atoms with Crippen LogP contribution in [0.1, 0.15) is 25.7 Å². The van der Waals surface area contributed by atoms with Gasteiger partial charge in [0.2, 0.25) is 0 Å². The lowest BCUT2D eigenvalue weighted by Crippen LogP contribution is -2.37. The lowest BCUT2D eigenvalue weighted by Gasteiger charge is -2.32. The molecule has 1 unspecified atom stereocenters. The molecule has 0 saturated carbocycles. The van der Waals surface area contributed by atoms with E-state index >= 15 is 0 Å². The highest BCUT2D eigenvalue weighted by atomic mass is 32.1. The molecule has 14 heavy (non-hydrogen) atoms. The molecule has 1 aliphatic rings. The quantitative estimate of drug-likeness (QED) is 0.666. The fourth-order valence-electron chi connectivity index (χ4n) is 2.04. The Kier molecular flexibility index (Phi) is 5.37. The van der Waals surface area contributed by atoms with Crippen LogP contribution in [0.3, 0.4) is 0 Å². The monoisotopic (exact) mass is 216 g/mol. The molecule has 0 aliphatic carbocycles. The Morgan fingerprint density at radius 3 is 3.00 bits per heavy atom. The van der Waals surface area contributed by atoms with Gasteiger partial charge in [-0.2, -0.15) is 0 Å². The molecule has 3 nitrogen and oxygen atoms in total. The molecule has 0 amide bonds. The van der Waals surface area contributed by atoms with Gasteiger partial charge in [-0.25, -0.2) is 0 Å². The molecule has 0 aromatic carbocycles. The summed E-state index contributed by atoms with van der Waals surface area (Å²) < 4.78 is 0. The summed E-state index contributed by atoms with van der Waals surface area (Å²) in [6.45, 7) is 3.55. The number of aliphatic hydroxyl groups excluding tert-OH is 1. The van der Waals surface area contributed by atoms with Crippen molar-refractivity contribution in [1.29, 1.82) is 0 Å². The van der Waals surface area contributed by atoms with E-state index in [1.165, 1.54) is 12.8 Å². The Labute approximate surface area is 91.3 Å². The Hall–Kier alpha value is -0.190. The Morgan fingerprint density at radius 2 is 2.36 bits per heavy atom. The molecule has 0 spiro atoms. The first-order valence-corrected chi connectivity index (χ1v) is 5.74. The zero-order valence-corrected chi connectivity index (χ0v) is 9.43. The van der Waals surface area contributed by atoms with Crippen LogP contribution >= 0.6 is 12.2 Å². The van der Waals surface area contributed by atoms with Crippen molar-refractivity contribution >= 4 is 17.2 Å². The van der Waals surface area contributed by atoms with Crippen LogP contribution in [-0.4, -0.2) is 41.2 Å². The van der Waals surface area contributed by atoms with E-state index in [9.17, 15) is 0 Å². The van der Waals surface area contributed by atoms with Crippen LogP contribution in [0.25, 0.3) is 0 Å². The normalized spacial score (nSPS) is 23.6. The average molecular weight is 216 g/mol. The molecule has 0 bridgehead atoms. The molecular weight excluding hydrogens is 196 g/mol. The highest BCUT2D eigenvalue weighted by Gasteiger charge is 2.18. The standard InChI is InChI=1S/C10H20N2OS/c11-10(14)3-6-12-5-1-2-9(8-12)4-7-13/h9,13H,1-8H2,(H2,11,14). The molecule has 0 radical (unpaired) electrons. The molecule has 1 atom stereocenters. The average Bonchev–Trinajstić information content (AvgIpc) is 2.16. The molecule has 1 heterocycles. The summed E-state index contributed by atoms with van der Waals surface area (Å²) in [6.07, 6.45) is 4.25. The minimum Gasteiger partial charge on any atom is -0.396 e. The van der Waals surface area contributed by atoms with Crippen LogP contribution in [0.2, 0.25) is 0 Å². The number of thiocarbonyl (C=S) groups is 1. The summed E-state index contributed by atoms with van der Waals surface area (Å²) in [6, 6.07) is 0. The van der Waals surface area contributed by atoms with Crippen molar-refractivity contribution in [1.82, 2.24) is 4.90 Å². The fraction of sp³-hybridized carbons (Fsp3) is 0.900. The molecular formula is C10H20N2OS. The summed E-state index contributed by atoms with van der Waals surface area (Å²) >= 11 is 4.86. The maximum absolute atomic E-state index is 8.86. The Balaban J connectivity index is 2.21. The van der Waals surface area contributed by atoms with Crippen molar-refractivity contribution in [2.45, 2.75) is 25.7 Å². The van der Waals surface area contributed by atoms with Crippen molar-refractivity contribution in [2.24, 2.45) is 11.7 Å². The van der Waals surface area contributed by atoms with Crippen molar-refractivity contribution in [2.75, 3.05) is 26.2 Å². The number of piperidine rings is 1. The Bertz CT molecular complexity index is 185. The van der Waals surface area contributed by atoms with Gasteiger partial charge in [0.15, 0.2) is 0 Å². The molecule has 0 aromatic heterocycles. The van der Waals surface area contributed by atoms with E-state index in [0.717, 1.165) is 32.5 Å². The van der Waals surface area contributed by atoms with E-state index in [2.05, 4.69) is 4.90 Å². The molecule has 1 saturated heterocycles. The van der Waals surface area contributed by atoms with Gasteiger partial charge in [-0.3, -0.25) is 0 Å². The van der Waals surface area contributed by atoms with Gasteiger partial charge in [0.1, 0.15) is 0 Å². The third kappa shape index (κ3) is 4.35. The molecule has 1 fully saturated rings. The molecule has 3 N–H and O–H groups in total. The van der Waals surface area contributed by atoms with Gasteiger partial charge in [0, 0.05) is 26.1 Å². The van der Waals surface area contributed by atoms with E-state index in [-0.39, 0.29) is 0 Å². The summed E-state index contributed by atoms with van der Waals surface area (Å²) in [5, 5.41) is 8.86. The topological polar surface area (TPSA) is 49.5 Å². The Morgan fingerprint density at radius 1 is 1.57 bits per heavy atom. The third-order valence-corrected chi connectivity index (χ3v) is 3.02. The van der Waals surface area contributed by atoms with Gasteiger partial charge >= 0.3 is 0 Å². The van der Waals surface area contributed by atoms with Crippen LogP contribution in [0.4, 0.5) is 0 Å². The second-order valence-corrected chi connectivity index (χ2v) is 4.56. The maximum Gasteiger partial charge on any atom is 0.0740 e. The predicted octanol–water partition coefficient (Wildman–Crippen LogP) is 0.757. The third-order valence-electron chi connectivity index (χ3n) is 2.81. The SMILES string of the molecule is NC(=S)CCN1CCCC(CCO)C1. The highest BCUT2D eigenvalue weighted by molar-refractivity contribution is 7.80. The first kappa shape index (κ1) is 11.9. The number of rotatable bonds is 5. The van der Waals surface area contributed by atoms with E-state index in [0.29, 0.717) is 17.5 Å².